The van der Waals surface area contributed by atoms with E-state index in [1.807, 2.05) is 18.2 Å². The molecule has 2 heterocycles. The molecule has 0 atom stereocenters. The number of halogens is 1. The predicted molar refractivity (Wildman–Crippen MR) is 84.5 cm³/mol. The molecule has 5 nitrogen and oxygen atoms in total. The van der Waals surface area contributed by atoms with Crippen LogP contribution in [0.15, 0.2) is 33.5 Å². The molecule has 0 bridgehead atoms. The summed E-state index contributed by atoms with van der Waals surface area (Å²) in [7, 11) is 0. The van der Waals surface area contributed by atoms with Crippen LogP contribution in [-0.4, -0.2) is 28.2 Å². The van der Waals surface area contributed by atoms with Crippen LogP contribution in [0.3, 0.4) is 0 Å². The largest absolute Gasteiger partial charge is 0.493 e. The number of nitrogens with zero attached hydrogens (tertiary/aromatic N) is 1. The second kappa shape index (κ2) is 5.99. The minimum atomic E-state index is -0.303. The van der Waals surface area contributed by atoms with Crippen molar-refractivity contribution in [3.05, 3.63) is 44.9 Å². The van der Waals surface area contributed by atoms with E-state index < -0.39 is 0 Å². The molecular weight excluding hydrogens is 334 g/mol. The van der Waals surface area contributed by atoms with E-state index in [1.165, 1.54) is 0 Å². The quantitative estimate of drug-likeness (QED) is 0.777. The summed E-state index contributed by atoms with van der Waals surface area (Å²) in [5, 5.41) is 13.5. The van der Waals surface area contributed by atoms with Crippen molar-refractivity contribution >= 4 is 15.9 Å². The Morgan fingerprint density at radius 3 is 2.62 bits per heavy atom. The van der Waals surface area contributed by atoms with Gasteiger partial charge in [0.2, 0.25) is 5.88 Å². The normalized spacial score (nSPS) is 16.0. The predicted octanol–water partition coefficient (Wildman–Crippen LogP) is 2.37. The van der Waals surface area contributed by atoms with Gasteiger partial charge >= 0.3 is 0 Å². The fourth-order valence-corrected chi connectivity index (χ4v) is 3.16. The van der Waals surface area contributed by atoms with Gasteiger partial charge in [0, 0.05) is 16.0 Å². The molecular formula is C15H16BrN3O2. The molecule has 0 spiro atoms. The summed E-state index contributed by atoms with van der Waals surface area (Å²) in [4.78, 5) is 19.4. The van der Waals surface area contributed by atoms with Gasteiger partial charge in [-0.25, -0.2) is 0 Å². The Balaban J connectivity index is 2.05. The van der Waals surface area contributed by atoms with Gasteiger partial charge in [-0.3, -0.25) is 4.79 Å². The first-order valence-electron chi connectivity index (χ1n) is 6.95. The van der Waals surface area contributed by atoms with Crippen LogP contribution in [0.1, 0.15) is 24.6 Å². The van der Waals surface area contributed by atoms with Gasteiger partial charge in [-0.05, 0) is 32.0 Å². The standard InChI is InChI=1S/C15H16BrN3O2/c16-11-4-2-1-3-10(11)12-14(20)18-13(19-15(12)21)9-5-7-17-8-6-9/h1-4,9,17H,5-8H2,(H2,18,19,20,21). The summed E-state index contributed by atoms with van der Waals surface area (Å²) >= 11 is 3.40. The molecule has 0 saturated carbocycles. The van der Waals surface area contributed by atoms with Gasteiger partial charge in [0.1, 0.15) is 11.4 Å². The fourth-order valence-electron chi connectivity index (χ4n) is 2.67. The molecule has 2 aromatic rings. The maximum Gasteiger partial charge on any atom is 0.262 e. The van der Waals surface area contributed by atoms with Crippen LogP contribution in [0.2, 0.25) is 0 Å². The van der Waals surface area contributed by atoms with Crippen molar-refractivity contribution in [2.45, 2.75) is 18.8 Å². The zero-order valence-electron chi connectivity index (χ0n) is 11.4. The highest BCUT2D eigenvalue weighted by atomic mass is 79.9. The third-order valence-electron chi connectivity index (χ3n) is 3.79. The molecule has 3 rings (SSSR count). The van der Waals surface area contributed by atoms with Crippen LogP contribution in [0.4, 0.5) is 0 Å². The Labute approximate surface area is 130 Å². The minimum Gasteiger partial charge on any atom is -0.493 e. The van der Waals surface area contributed by atoms with Gasteiger partial charge in [-0.1, -0.05) is 34.1 Å². The molecule has 21 heavy (non-hydrogen) atoms. The Morgan fingerprint density at radius 2 is 1.95 bits per heavy atom. The molecule has 0 radical (unpaired) electrons. The van der Waals surface area contributed by atoms with Crippen LogP contribution in [-0.2, 0) is 0 Å². The summed E-state index contributed by atoms with van der Waals surface area (Å²) in [6.07, 6.45) is 1.83. The van der Waals surface area contributed by atoms with Gasteiger partial charge in [-0.15, -0.1) is 0 Å². The number of piperidine rings is 1. The molecule has 0 amide bonds. The number of H-pyrrole nitrogens is 1. The van der Waals surface area contributed by atoms with E-state index in [-0.39, 0.29) is 22.9 Å². The van der Waals surface area contributed by atoms with Gasteiger partial charge in [0.25, 0.3) is 5.56 Å². The Kier molecular flexibility index (Phi) is 4.07. The number of benzene rings is 1. The van der Waals surface area contributed by atoms with Crippen molar-refractivity contribution in [1.29, 1.82) is 0 Å². The second-order valence-electron chi connectivity index (χ2n) is 5.15. The SMILES string of the molecule is O=c1[nH]c(C2CCNCC2)nc(O)c1-c1ccccc1Br. The van der Waals surface area contributed by atoms with Crippen molar-refractivity contribution in [1.82, 2.24) is 15.3 Å². The lowest BCUT2D eigenvalue weighted by atomic mass is 9.97. The van der Waals surface area contributed by atoms with Crippen LogP contribution < -0.4 is 10.9 Å². The number of aromatic hydroxyl groups is 1. The lowest BCUT2D eigenvalue weighted by molar-refractivity contribution is 0.420. The lowest BCUT2D eigenvalue weighted by Gasteiger charge is -2.22. The zero-order chi connectivity index (χ0) is 14.8. The number of hydrogen-bond donors (Lipinski definition) is 3. The molecule has 1 fully saturated rings. The molecule has 1 saturated heterocycles. The topological polar surface area (TPSA) is 78.0 Å². The number of aromatic amines is 1. The van der Waals surface area contributed by atoms with E-state index in [9.17, 15) is 9.90 Å². The highest BCUT2D eigenvalue weighted by Gasteiger charge is 2.21. The van der Waals surface area contributed by atoms with Gasteiger partial charge in [0.15, 0.2) is 0 Å². The van der Waals surface area contributed by atoms with Crippen LogP contribution in [0, 0.1) is 0 Å². The average molecular weight is 350 g/mol. The molecule has 0 aliphatic carbocycles. The maximum absolute atomic E-state index is 12.4. The number of aromatic nitrogens is 2. The molecule has 1 aromatic heterocycles. The number of hydrogen-bond acceptors (Lipinski definition) is 4. The van der Waals surface area contributed by atoms with Crippen molar-refractivity contribution in [2.75, 3.05) is 13.1 Å². The number of nitrogens with one attached hydrogen (secondary N) is 2. The fraction of sp³-hybridized carbons (Fsp3) is 0.333. The van der Waals surface area contributed by atoms with Gasteiger partial charge in [-0.2, -0.15) is 4.98 Å². The van der Waals surface area contributed by atoms with Crippen LogP contribution in [0.25, 0.3) is 11.1 Å². The summed E-state index contributed by atoms with van der Waals surface area (Å²) in [5.74, 6) is 0.562. The molecule has 110 valence electrons. The summed E-state index contributed by atoms with van der Waals surface area (Å²) in [5.41, 5.74) is 0.545. The Hall–Kier alpha value is -1.66. The maximum atomic E-state index is 12.4. The third kappa shape index (κ3) is 2.87. The molecule has 1 aromatic carbocycles. The minimum absolute atomic E-state index is 0.193. The molecule has 6 heteroatoms. The van der Waals surface area contributed by atoms with Crippen molar-refractivity contribution in [3.63, 3.8) is 0 Å². The molecule has 0 unspecified atom stereocenters. The smallest absolute Gasteiger partial charge is 0.262 e. The molecule has 3 N–H and O–H groups in total. The highest BCUT2D eigenvalue weighted by Crippen LogP contribution is 2.31. The molecule has 1 aliphatic rings. The highest BCUT2D eigenvalue weighted by molar-refractivity contribution is 9.10. The van der Waals surface area contributed by atoms with E-state index in [1.54, 1.807) is 6.07 Å². The van der Waals surface area contributed by atoms with Crippen molar-refractivity contribution in [2.24, 2.45) is 0 Å². The zero-order valence-corrected chi connectivity index (χ0v) is 13.0. The number of rotatable bonds is 2. The van der Waals surface area contributed by atoms with Crippen LogP contribution >= 0.6 is 15.9 Å². The van der Waals surface area contributed by atoms with E-state index in [0.717, 1.165) is 30.4 Å². The first-order valence-corrected chi connectivity index (χ1v) is 7.75. The van der Waals surface area contributed by atoms with Crippen molar-refractivity contribution in [3.8, 4) is 17.0 Å². The third-order valence-corrected chi connectivity index (χ3v) is 4.48. The van der Waals surface area contributed by atoms with E-state index in [0.29, 0.717) is 11.4 Å². The van der Waals surface area contributed by atoms with Gasteiger partial charge in [0.05, 0.1) is 0 Å². The monoisotopic (exact) mass is 349 g/mol. The van der Waals surface area contributed by atoms with E-state index in [4.69, 9.17) is 0 Å². The van der Waals surface area contributed by atoms with Crippen LogP contribution in [0.5, 0.6) is 5.88 Å². The summed E-state index contributed by atoms with van der Waals surface area (Å²) in [6.45, 7) is 1.81. The first-order chi connectivity index (χ1) is 10.2. The lowest BCUT2D eigenvalue weighted by Crippen LogP contribution is -2.28. The second-order valence-corrected chi connectivity index (χ2v) is 6.01. The Morgan fingerprint density at radius 1 is 1.24 bits per heavy atom. The van der Waals surface area contributed by atoms with E-state index >= 15 is 0 Å². The first kappa shape index (κ1) is 14.3. The average Bonchev–Trinajstić information content (AvgIpc) is 2.49. The van der Waals surface area contributed by atoms with E-state index in [2.05, 4.69) is 31.2 Å². The van der Waals surface area contributed by atoms with Crippen molar-refractivity contribution < 1.29 is 5.11 Å². The molecule has 1 aliphatic heterocycles. The summed E-state index contributed by atoms with van der Waals surface area (Å²) < 4.78 is 0.752. The Bertz CT molecular complexity index is 708. The van der Waals surface area contributed by atoms with Gasteiger partial charge < -0.3 is 15.4 Å². The summed E-state index contributed by atoms with van der Waals surface area (Å²) in [6, 6.07) is 7.28.